The third-order valence-corrected chi connectivity index (χ3v) is 5.62. The van der Waals surface area contributed by atoms with Crippen molar-refractivity contribution in [3.05, 3.63) is 35.9 Å². The number of ketones is 1. The van der Waals surface area contributed by atoms with Gasteiger partial charge in [0.2, 0.25) is 5.91 Å². The van der Waals surface area contributed by atoms with Crippen molar-refractivity contribution in [1.29, 1.82) is 0 Å². The van der Waals surface area contributed by atoms with E-state index in [4.69, 9.17) is 14.2 Å². The minimum Gasteiger partial charge on any atom is -0.379 e. The molecule has 2 rings (SSSR count). The van der Waals surface area contributed by atoms with E-state index in [-0.39, 0.29) is 11.7 Å². The van der Waals surface area contributed by atoms with Gasteiger partial charge in [0.15, 0.2) is 0 Å². The Morgan fingerprint density at radius 3 is 2.03 bits per heavy atom. The first kappa shape index (κ1) is 24.5. The summed E-state index contributed by atoms with van der Waals surface area (Å²) < 4.78 is 16.3. The number of hydrogen-bond acceptors (Lipinski definition) is 5. The van der Waals surface area contributed by atoms with E-state index < -0.39 is 0 Å². The van der Waals surface area contributed by atoms with E-state index in [2.05, 4.69) is 31.2 Å². The van der Waals surface area contributed by atoms with Gasteiger partial charge in [-0.2, -0.15) is 0 Å². The predicted octanol–water partition coefficient (Wildman–Crippen LogP) is 3.45. The van der Waals surface area contributed by atoms with Gasteiger partial charge in [0.25, 0.3) is 0 Å². The number of carbonyl (C=O) groups is 2. The molecule has 0 aliphatic carbocycles. The van der Waals surface area contributed by atoms with Gasteiger partial charge in [-0.25, -0.2) is 0 Å². The van der Waals surface area contributed by atoms with Gasteiger partial charge in [-0.05, 0) is 17.9 Å². The summed E-state index contributed by atoms with van der Waals surface area (Å²) in [5, 5.41) is 0. The second kappa shape index (κ2) is 14.3. The minimum absolute atomic E-state index is 0.171. The minimum atomic E-state index is 0.171. The average Bonchev–Trinajstić information content (AvgIpc) is 2.74. The molecule has 1 fully saturated rings. The number of ether oxygens (including phenoxy) is 3. The van der Waals surface area contributed by atoms with Gasteiger partial charge < -0.3 is 19.1 Å². The molecule has 1 unspecified atom stereocenters. The first-order chi connectivity index (χ1) is 14.7. The Hall–Kier alpha value is -1.76. The van der Waals surface area contributed by atoms with Gasteiger partial charge in [0.1, 0.15) is 5.78 Å². The molecule has 0 radical (unpaired) electrons. The SMILES string of the molecule is CCC(=O)CCOCCOCCOCCC(=O)N1CC(C(CC)c2ccccc2)C1. The summed E-state index contributed by atoms with van der Waals surface area (Å²) in [6, 6.07) is 10.6. The normalized spacial score (nSPS) is 15.1. The van der Waals surface area contributed by atoms with Crippen LogP contribution in [0.3, 0.4) is 0 Å². The Morgan fingerprint density at radius 2 is 1.47 bits per heavy atom. The van der Waals surface area contributed by atoms with E-state index >= 15 is 0 Å². The summed E-state index contributed by atoms with van der Waals surface area (Å²) in [7, 11) is 0. The Kier molecular flexibility index (Phi) is 11.7. The number of rotatable bonds is 16. The topological polar surface area (TPSA) is 65.1 Å². The van der Waals surface area contributed by atoms with Crippen LogP contribution < -0.4 is 0 Å². The van der Waals surface area contributed by atoms with Crippen LogP contribution in [0, 0.1) is 5.92 Å². The van der Waals surface area contributed by atoms with Crippen LogP contribution in [0.5, 0.6) is 0 Å². The zero-order valence-corrected chi connectivity index (χ0v) is 18.5. The van der Waals surface area contributed by atoms with Gasteiger partial charge in [-0.3, -0.25) is 9.59 Å². The summed E-state index contributed by atoms with van der Waals surface area (Å²) >= 11 is 0. The molecule has 30 heavy (non-hydrogen) atoms. The highest BCUT2D eigenvalue weighted by Gasteiger charge is 2.35. The second-order valence-corrected chi connectivity index (χ2v) is 7.71. The van der Waals surface area contributed by atoms with Crippen LogP contribution in [-0.2, 0) is 23.8 Å². The number of benzene rings is 1. The Labute approximate surface area is 180 Å². The van der Waals surface area contributed by atoms with E-state index in [9.17, 15) is 9.59 Å². The van der Waals surface area contributed by atoms with E-state index in [1.807, 2.05) is 17.9 Å². The van der Waals surface area contributed by atoms with E-state index in [1.54, 1.807) is 0 Å². The fraction of sp³-hybridized carbons (Fsp3) is 0.667. The number of likely N-dealkylation sites (tertiary alicyclic amines) is 1. The van der Waals surface area contributed by atoms with Crippen LogP contribution in [0.25, 0.3) is 0 Å². The summed E-state index contributed by atoms with van der Waals surface area (Å²) in [5.41, 5.74) is 1.38. The molecule has 0 spiro atoms. The molecule has 1 aromatic rings. The number of carbonyl (C=O) groups excluding carboxylic acids is 2. The first-order valence-electron chi connectivity index (χ1n) is 11.2. The zero-order chi connectivity index (χ0) is 21.6. The molecule has 0 N–H and O–H groups in total. The number of amides is 1. The lowest BCUT2D eigenvalue weighted by molar-refractivity contribution is -0.139. The zero-order valence-electron chi connectivity index (χ0n) is 18.5. The highest BCUT2D eigenvalue weighted by molar-refractivity contribution is 5.78. The van der Waals surface area contributed by atoms with Crippen LogP contribution in [0.1, 0.15) is 51.0 Å². The molecule has 1 aliphatic rings. The van der Waals surface area contributed by atoms with Crippen LogP contribution in [0.15, 0.2) is 30.3 Å². The van der Waals surface area contributed by atoms with Crippen LogP contribution in [0.2, 0.25) is 0 Å². The molecule has 1 aliphatic heterocycles. The van der Waals surface area contributed by atoms with Gasteiger partial charge >= 0.3 is 0 Å². The van der Waals surface area contributed by atoms with Crippen molar-refractivity contribution >= 4 is 11.7 Å². The molecule has 1 saturated heterocycles. The molecule has 1 aromatic carbocycles. The summed E-state index contributed by atoms with van der Waals surface area (Å²) in [4.78, 5) is 25.4. The lowest BCUT2D eigenvalue weighted by Crippen LogP contribution is -2.52. The van der Waals surface area contributed by atoms with Gasteiger partial charge in [-0.1, -0.05) is 44.2 Å². The summed E-state index contributed by atoms with van der Waals surface area (Å²) in [6.07, 6.45) is 2.55. The average molecular weight is 420 g/mol. The summed E-state index contributed by atoms with van der Waals surface area (Å²) in [6.45, 7) is 8.56. The monoisotopic (exact) mass is 419 g/mol. The van der Waals surface area contributed by atoms with E-state index in [0.717, 1.165) is 19.5 Å². The maximum Gasteiger partial charge on any atom is 0.224 e. The fourth-order valence-electron chi connectivity index (χ4n) is 3.73. The standard InChI is InChI=1S/C24H37NO5/c1-3-22(26)10-12-28-14-16-30-17-15-29-13-11-24(27)25-18-21(19-25)23(4-2)20-8-6-5-7-9-20/h5-9,21,23H,3-4,10-19H2,1-2H3. The van der Waals surface area contributed by atoms with Gasteiger partial charge in [-0.15, -0.1) is 0 Å². The smallest absolute Gasteiger partial charge is 0.224 e. The molecule has 1 heterocycles. The Bertz CT molecular complexity index is 615. The molecular formula is C24H37NO5. The highest BCUT2D eigenvalue weighted by Crippen LogP contribution is 2.34. The maximum absolute atomic E-state index is 12.3. The Balaban J connectivity index is 1.44. The van der Waals surface area contributed by atoms with Crippen molar-refractivity contribution in [2.24, 2.45) is 5.92 Å². The summed E-state index contributed by atoms with van der Waals surface area (Å²) in [5.74, 6) is 1.47. The number of nitrogens with zero attached hydrogens (tertiary/aromatic N) is 1. The molecule has 6 nitrogen and oxygen atoms in total. The highest BCUT2D eigenvalue weighted by atomic mass is 16.5. The predicted molar refractivity (Wildman–Crippen MR) is 117 cm³/mol. The number of hydrogen-bond donors (Lipinski definition) is 0. The molecule has 0 saturated carbocycles. The van der Waals surface area contributed by atoms with Crippen molar-refractivity contribution in [1.82, 2.24) is 4.90 Å². The van der Waals surface area contributed by atoms with Crippen molar-refractivity contribution in [3.63, 3.8) is 0 Å². The molecule has 168 valence electrons. The molecule has 0 bridgehead atoms. The third-order valence-electron chi connectivity index (χ3n) is 5.62. The maximum atomic E-state index is 12.3. The van der Waals surface area contributed by atoms with Crippen molar-refractivity contribution < 1.29 is 23.8 Å². The molecule has 1 atom stereocenters. The quantitative estimate of drug-likeness (QED) is 0.384. The van der Waals surface area contributed by atoms with Gasteiger partial charge in [0, 0.05) is 31.8 Å². The second-order valence-electron chi connectivity index (χ2n) is 7.71. The van der Waals surface area contributed by atoms with Gasteiger partial charge in [0.05, 0.1) is 46.1 Å². The van der Waals surface area contributed by atoms with E-state index in [1.165, 1.54) is 5.56 Å². The first-order valence-corrected chi connectivity index (χ1v) is 11.2. The van der Waals surface area contributed by atoms with Crippen molar-refractivity contribution in [3.8, 4) is 0 Å². The lowest BCUT2D eigenvalue weighted by Gasteiger charge is -2.43. The Morgan fingerprint density at radius 1 is 0.900 bits per heavy atom. The number of Topliss-reactive ketones (excluding diaryl/α,β-unsaturated/α-hetero) is 1. The van der Waals surface area contributed by atoms with Crippen molar-refractivity contribution in [2.75, 3.05) is 52.7 Å². The van der Waals surface area contributed by atoms with Crippen LogP contribution in [0.4, 0.5) is 0 Å². The van der Waals surface area contributed by atoms with Crippen LogP contribution >= 0.6 is 0 Å². The third kappa shape index (κ3) is 8.54. The molecule has 6 heteroatoms. The van der Waals surface area contributed by atoms with Crippen molar-refractivity contribution in [2.45, 2.75) is 45.4 Å². The molecular weight excluding hydrogens is 382 g/mol. The van der Waals surface area contributed by atoms with E-state index in [0.29, 0.717) is 70.7 Å². The fourth-order valence-corrected chi connectivity index (χ4v) is 3.73. The van der Waals surface area contributed by atoms with Crippen LogP contribution in [-0.4, -0.2) is 69.3 Å². The molecule has 0 aromatic heterocycles. The molecule has 1 amide bonds. The lowest BCUT2D eigenvalue weighted by atomic mass is 9.79. The largest absolute Gasteiger partial charge is 0.379 e.